The molecule has 5 aromatic rings. The number of nitrogens with one attached hydrogen (secondary N) is 1. The van der Waals surface area contributed by atoms with Crippen LogP contribution in [-0.2, 0) is 6.54 Å². The summed E-state index contributed by atoms with van der Waals surface area (Å²) in [5.74, 6) is -1.02. The second-order valence-corrected chi connectivity index (χ2v) is 6.67. The average molecular weight is 430 g/mol. The van der Waals surface area contributed by atoms with Crippen molar-refractivity contribution in [2.75, 3.05) is 5.73 Å². The zero-order valence-electron chi connectivity index (χ0n) is 16.4. The quantitative estimate of drug-likeness (QED) is 0.426. The van der Waals surface area contributed by atoms with Crippen molar-refractivity contribution in [1.29, 1.82) is 0 Å². The summed E-state index contributed by atoms with van der Waals surface area (Å²) in [4.78, 5) is 31.0. The summed E-state index contributed by atoms with van der Waals surface area (Å²) in [6, 6.07) is 6.33. The summed E-state index contributed by atoms with van der Waals surface area (Å²) in [7, 11) is 0. The third-order valence-electron chi connectivity index (χ3n) is 4.64. The summed E-state index contributed by atoms with van der Waals surface area (Å²) in [5.41, 5.74) is 7.73. The Morgan fingerprint density at radius 3 is 2.72 bits per heavy atom. The molecule has 3 N–H and O–H groups in total. The molecule has 0 spiro atoms. The Labute approximate surface area is 179 Å². The molecule has 0 saturated carbocycles. The Balaban J connectivity index is 1.56. The molecule has 0 bridgehead atoms. The number of carbonyl (C=O) groups excluding carboxylic acids is 1. The van der Waals surface area contributed by atoms with Gasteiger partial charge in [-0.15, -0.1) is 4.80 Å². The molecule has 0 aromatic carbocycles. The average Bonchev–Trinajstić information content (AvgIpc) is 3.50. The van der Waals surface area contributed by atoms with Gasteiger partial charge in [0.1, 0.15) is 17.2 Å². The molecule has 12 heteroatoms. The van der Waals surface area contributed by atoms with E-state index in [2.05, 4.69) is 35.5 Å². The smallest absolute Gasteiger partial charge is 0.274 e. The largest absolute Gasteiger partial charge is 0.382 e. The number of nitrogens with two attached hydrogens (primary N) is 1. The number of imidazole rings is 1. The molecular formula is C20H15FN10O. The van der Waals surface area contributed by atoms with Gasteiger partial charge in [-0.3, -0.25) is 9.78 Å². The lowest BCUT2D eigenvalue weighted by atomic mass is 10.2. The maximum absolute atomic E-state index is 13.8. The van der Waals surface area contributed by atoms with Gasteiger partial charge in [-0.25, -0.2) is 19.3 Å². The number of amides is 1. The van der Waals surface area contributed by atoms with Gasteiger partial charge in [0.15, 0.2) is 11.5 Å². The molecular weight excluding hydrogens is 415 g/mol. The first-order chi connectivity index (χ1) is 15.6. The molecule has 1 amide bonds. The lowest BCUT2D eigenvalue weighted by molar-refractivity contribution is 0.0946. The highest BCUT2D eigenvalue weighted by Crippen LogP contribution is 2.25. The summed E-state index contributed by atoms with van der Waals surface area (Å²) in [6.45, 7) is -0.134. The number of carbonyl (C=O) groups is 1. The first kappa shape index (κ1) is 19.2. The van der Waals surface area contributed by atoms with Crippen LogP contribution in [0.4, 0.5) is 10.2 Å². The third-order valence-corrected chi connectivity index (χ3v) is 4.64. The van der Waals surface area contributed by atoms with Gasteiger partial charge in [-0.05, 0) is 24.3 Å². The number of nitrogen functional groups attached to an aromatic ring is 1. The standard InChI is InChI=1S/C20H15FN10O/c21-13-2-1-5-23-14(13)10-25-20(32)17-18(22)29-19(31-26-6-7-27-31)16(28-17)12-3-4-15-24-8-9-30(15)11-12/h1-9,11H,10H2,(H2,22,29)(H,25,32). The highest BCUT2D eigenvalue weighted by atomic mass is 19.1. The van der Waals surface area contributed by atoms with Crippen molar-refractivity contribution in [3.63, 3.8) is 0 Å². The second kappa shape index (κ2) is 7.83. The van der Waals surface area contributed by atoms with E-state index in [0.29, 0.717) is 11.3 Å². The van der Waals surface area contributed by atoms with Crippen LogP contribution in [0.3, 0.4) is 0 Å². The molecule has 158 valence electrons. The molecule has 5 aromatic heterocycles. The molecule has 32 heavy (non-hydrogen) atoms. The molecule has 5 rings (SSSR count). The molecule has 0 aliphatic rings. The Kier molecular flexibility index (Phi) is 4.71. The minimum Gasteiger partial charge on any atom is -0.382 e. The molecule has 0 fully saturated rings. The molecule has 5 heterocycles. The lowest BCUT2D eigenvalue weighted by Gasteiger charge is -2.12. The minimum absolute atomic E-state index is 0.0931. The number of pyridine rings is 2. The van der Waals surface area contributed by atoms with E-state index >= 15 is 0 Å². The van der Waals surface area contributed by atoms with Gasteiger partial charge < -0.3 is 15.5 Å². The molecule has 0 unspecified atom stereocenters. The van der Waals surface area contributed by atoms with Crippen LogP contribution in [0.15, 0.2) is 61.4 Å². The first-order valence-electron chi connectivity index (χ1n) is 9.45. The van der Waals surface area contributed by atoms with Crippen molar-refractivity contribution in [2.24, 2.45) is 0 Å². The maximum Gasteiger partial charge on any atom is 0.274 e. The Bertz CT molecular complexity index is 1430. The summed E-state index contributed by atoms with van der Waals surface area (Å²) in [5, 5.41) is 10.8. The monoisotopic (exact) mass is 430 g/mol. The van der Waals surface area contributed by atoms with E-state index in [1.807, 2.05) is 0 Å². The number of hydrogen-bond acceptors (Lipinski definition) is 8. The van der Waals surface area contributed by atoms with Crippen LogP contribution in [0.5, 0.6) is 0 Å². The molecule has 0 atom stereocenters. The third kappa shape index (κ3) is 3.49. The Morgan fingerprint density at radius 2 is 1.91 bits per heavy atom. The second-order valence-electron chi connectivity index (χ2n) is 6.67. The SMILES string of the molecule is Nc1nc(-n2nccn2)c(-c2ccc3nccn3c2)nc1C(=O)NCc1ncccc1F. The zero-order valence-corrected chi connectivity index (χ0v) is 16.4. The van der Waals surface area contributed by atoms with Gasteiger partial charge in [0.25, 0.3) is 5.91 Å². The lowest BCUT2D eigenvalue weighted by Crippen LogP contribution is -2.27. The normalized spacial score (nSPS) is 11.0. The van der Waals surface area contributed by atoms with Gasteiger partial charge in [-0.2, -0.15) is 10.2 Å². The maximum atomic E-state index is 13.8. The Morgan fingerprint density at radius 1 is 1.06 bits per heavy atom. The van der Waals surface area contributed by atoms with Crippen LogP contribution in [0.25, 0.3) is 22.7 Å². The zero-order chi connectivity index (χ0) is 22.1. The predicted octanol–water partition coefficient (Wildman–Crippen LogP) is 1.42. The van der Waals surface area contributed by atoms with Crippen molar-refractivity contribution in [2.45, 2.75) is 6.54 Å². The van der Waals surface area contributed by atoms with Gasteiger partial charge in [0.05, 0.1) is 24.6 Å². The number of hydrogen-bond donors (Lipinski definition) is 2. The van der Waals surface area contributed by atoms with E-state index in [1.165, 1.54) is 35.5 Å². The fourth-order valence-corrected chi connectivity index (χ4v) is 3.12. The Hall–Kier alpha value is -4.74. The first-order valence-corrected chi connectivity index (χ1v) is 9.45. The van der Waals surface area contributed by atoms with Crippen molar-refractivity contribution >= 4 is 17.4 Å². The van der Waals surface area contributed by atoms with Crippen molar-refractivity contribution in [1.82, 2.24) is 44.6 Å². The topological polar surface area (TPSA) is 142 Å². The van der Waals surface area contributed by atoms with Crippen LogP contribution < -0.4 is 11.1 Å². The van der Waals surface area contributed by atoms with Crippen LogP contribution >= 0.6 is 0 Å². The number of anilines is 1. The van der Waals surface area contributed by atoms with Gasteiger partial charge in [-0.1, -0.05) is 0 Å². The number of nitrogens with zero attached hydrogens (tertiary/aromatic N) is 8. The highest BCUT2D eigenvalue weighted by molar-refractivity contribution is 5.97. The van der Waals surface area contributed by atoms with Crippen LogP contribution in [0.1, 0.15) is 16.2 Å². The minimum atomic E-state index is -0.620. The van der Waals surface area contributed by atoms with E-state index in [1.54, 1.807) is 35.1 Å². The number of fused-ring (bicyclic) bond motifs is 1. The molecule has 0 aliphatic heterocycles. The number of halogens is 1. The van der Waals surface area contributed by atoms with Gasteiger partial charge in [0, 0.05) is 30.4 Å². The summed E-state index contributed by atoms with van der Waals surface area (Å²) >= 11 is 0. The summed E-state index contributed by atoms with van der Waals surface area (Å²) < 4.78 is 15.6. The summed E-state index contributed by atoms with van der Waals surface area (Å²) in [6.07, 6.45) is 9.66. The van der Waals surface area contributed by atoms with Crippen LogP contribution in [-0.4, -0.2) is 45.2 Å². The van der Waals surface area contributed by atoms with Crippen LogP contribution in [0.2, 0.25) is 0 Å². The van der Waals surface area contributed by atoms with Crippen molar-refractivity contribution < 1.29 is 9.18 Å². The molecule has 0 aliphatic carbocycles. The van der Waals surface area contributed by atoms with Gasteiger partial charge >= 0.3 is 0 Å². The fourth-order valence-electron chi connectivity index (χ4n) is 3.12. The molecule has 11 nitrogen and oxygen atoms in total. The van der Waals surface area contributed by atoms with E-state index in [-0.39, 0.29) is 29.6 Å². The fraction of sp³-hybridized carbons (Fsp3) is 0.0500. The van der Waals surface area contributed by atoms with Crippen molar-refractivity contribution in [3.8, 4) is 17.1 Å². The van der Waals surface area contributed by atoms with Crippen LogP contribution in [0, 0.1) is 5.82 Å². The van der Waals surface area contributed by atoms with E-state index in [9.17, 15) is 9.18 Å². The van der Waals surface area contributed by atoms with E-state index < -0.39 is 11.7 Å². The highest BCUT2D eigenvalue weighted by Gasteiger charge is 2.21. The van der Waals surface area contributed by atoms with E-state index in [0.717, 1.165) is 5.65 Å². The predicted molar refractivity (Wildman–Crippen MR) is 111 cm³/mol. The number of aromatic nitrogens is 8. The van der Waals surface area contributed by atoms with Crippen molar-refractivity contribution in [3.05, 3.63) is 78.7 Å². The number of rotatable bonds is 5. The molecule has 0 saturated heterocycles. The van der Waals surface area contributed by atoms with E-state index in [4.69, 9.17) is 5.73 Å². The van der Waals surface area contributed by atoms with Gasteiger partial charge in [0.2, 0.25) is 5.82 Å². The molecule has 0 radical (unpaired) electrons.